The van der Waals surface area contributed by atoms with Gasteiger partial charge in [-0.05, 0) is 50.2 Å². The van der Waals surface area contributed by atoms with Crippen LogP contribution < -0.4 is 14.8 Å². The standard InChI is InChI=1S/C23H17F2N3O2/c1-3-29-16-10-6-15(7-11-16)28-22-20(24)18(12-26)19(13-27)21(25)23(22)30-17-8-4-14(2)5-9-17/h4-11,28H,3H2,1-2H3. The zero-order chi connectivity index (χ0) is 21.7. The molecule has 0 aromatic heterocycles. The van der Waals surface area contributed by atoms with Gasteiger partial charge in [0.05, 0.1) is 6.61 Å². The lowest BCUT2D eigenvalue weighted by atomic mass is 10.1. The molecule has 0 radical (unpaired) electrons. The van der Waals surface area contributed by atoms with Gasteiger partial charge in [-0.2, -0.15) is 10.5 Å². The van der Waals surface area contributed by atoms with Gasteiger partial charge >= 0.3 is 0 Å². The predicted octanol–water partition coefficient (Wildman–Crippen LogP) is 5.95. The van der Waals surface area contributed by atoms with Crippen molar-refractivity contribution in [1.82, 2.24) is 0 Å². The van der Waals surface area contributed by atoms with Crippen molar-refractivity contribution >= 4 is 11.4 Å². The van der Waals surface area contributed by atoms with Crippen LogP contribution in [-0.4, -0.2) is 6.61 Å². The van der Waals surface area contributed by atoms with Gasteiger partial charge in [0.2, 0.25) is 0 Å². The molecule has 0 saturated heterocycles. The first-order valence-electron chi connectivity index (χ1n) is 9.08. The highest BCUT2D eigenvalue weighted by atomic mass is 19.1. The Hall–Kier alpha value is -4.10. The summed E-state index contributed by atoms with van der Waals surface area (Å²) in [6.07, 6.45) is 0. The number of halogens is 2. The number of anilines is 2. The van der Waals surface area contributed by atoms with Gasteiger partial charge in [0, 0.05) is 5.69 Å². The van der Waals surface area contributed by atoms with Crippen LogP contribution >= 0.6 is 0 Å². The topological polar surface area (TPSA) is 78.1 Å². The van der Waals surface area contributed by atoms with E-state index in [1.165, 1.54) is 0 Å². The molecule has 0 aliphatic carbocycles. The van der Waals surface area contributed by atoms with Gasteiger partial charge in [0.15, 0.2) is 17.4 Å². The summed E-state index contributed by atoms with van der Waals surface area (Å²) < 4.78 is 41.1. The summed E-state index contributed by atoms with van der Waals surface area (Å²) >= 11 is 0. The number of nitriles is 2. The van der Waals surface area contributed by atoms with Gasteiger partial charge in [-0.3, -0.25) is 0 Å². The van der Waals surface area contributed by atoms with Crippen molar-refractivity contribution in [2.45, 2.75) is 13.8 Å². The second kappa shape index (κ2) is 8.93. The van der Waals surface area contributed by atoms with Crippen LogP contribution in [0.4, 0.5) is 20.2 Å². The second-order valence-electron chi connectivity index (χ2n) is 6.30. The molecule has 0 saturated carbocycles. The monoisotopic (exact) mass is 405 g/mol. The first-order chi connectivity index (χ1) is 14.5. The third kappa shape index (κ3) is 4.16. The molecule has 30 heavy (non-hydrogen) atoms. The first-order valence-corrected chi connectivity index (χ1v) is 9.08. The van der Waals surface area contributed by atoms with E-state index in [9.17, 15) is 10.5 Å². The van der Waals surface area contributed by atoms with E-state index in [1.807, 2.05) is 13.8 Å². The Labute approximate surface area is 172 Å². The van der Waals surface area contributed by atoms with Crippen LogP contribution in [0.5, 0.6) is 17.2 Å². The SMILES string of the molecule is CCOc1ccc(Nc2c(F)c(C#N)c(C#N)c(F)c2Oc2ccc(C)cc2)cc1. The van der Waals surface area contributed by atoms with Gasteiger partial charge in [-0.1, -0.05) is 17.7 Å². The highest BCUT2D eigenvalue weighted by molar-refractivity contribution is 5.73. The summed E-state index contributed by atoms with van der Waals surface area (Å²) in [5.74, 6) is -1.85. The van der Waals surface area contributed by atoms with Gasteiger partial charge in [0.25, 0.3) is 0 Å². The molecule has 5 nitrogen and oxygen atoms in total. The number of nitrogens with zero attached hydrogens (tertiary/aromatic N) is 2. The smallest absolute Gasteiger partial charge is 0.190 e. The third-order valence-electron chi connectivity index (χ3n) is 4.23. The van der Waals surface area contributed by atoms with Crippen molar-refractivity contribution in [1.29, 1.82) is 10.5 Å². The largest absolute Gasteiger partial charge is 0.494 e. The molecule has 3 aromatic carbocycles. The van der Waals surface area contributed by atoms with Gasteiger partial charge < -0.3 is 14.8 Å². The van der Waals surface area contributed by atoms with Crippen LogP contribution in [0.1, 0.15) is 23.6 Å². The number of ether oxygens (including phenoxy) is 2. The zero-order valence-corrected chi connectivity index (χ0v) is 16.3. The van der Waals surface area contributed by atoms with Crippen LogP contribution in [-0.2, 0) is 0 Å². The van der Waals surface area contributed by atoms with Gasteiger partial charge in [-0.15, -0.1) is 0 Å². The molecule has 0 atom stereocenters. The lowest BCUT2D eigenvalue weighted by molar-refractivity contribution is 0.340. The fourth-order valence-corrected chi connectivity index (χ4v) is 2.75. The fourth-order valence-electron chi connectivity index (χ4n) is 2.75. The molecule has 3 aromatic rings. The minimum Gasteiger partial charge on any atom is -0.494 e. The molecule has 0 unspecified atom stereocenters. The molecule has 3 rings (SSSR count). The number of benzene rings is 3. The minimum atomic E-state index is -1.12. The second-order valence-corrected chi connectivity index (χ2v) is 6.30. The van der Waals surface area contributed by atoms with Gasteiger partial charge in [0.1, 0.15) is 40.5 Å². The molecular weight excluding hydrogens is 388 g/mol. The van der Waals surface area contributed by atoms with Crippen LogP contribution in [0.15, 0.2) is 48.5 Å². The molecule has 0 spiro atoms. The number of nitrogens with one attached hydrogen (secondary N) is 1. The summed E-state index contributed by atoms with van der Waals surface area (Å²) in [5.41, 5.74) is -0.416. The summed E-state index contributed by atoms with van der Waals surface area (Å²) in [5, 5.41) is 21.3. The predicted molar refractivity (Wildman–Crippen MR) is 108 cm³/mol. The van der Waals surface area contributed by atoms with Crippen molar-refractivity contribution in [2.24, 2.45) is 0 Å². The molecule has 1 N–H and O–H groups in total. The van der Waals surface area contributed by atoms with E-state index in [1.54, 1.807) is 60.7 Å². The molecule has 0 heterocycles. The molecule has 0 aliphatic heterocycles. The molecule has 7 heteroatoms. The lowest BCUT2D eigenvalue weighted by Crippen LogP contribution is -2.06. The number of rotatable bonds is 6. The van der Waals surface area contributed by atoms with Crippen molar-refractivity contribution in [3.8, 4) is 29.4 Å². The molecule has 0 bridgehead atoms. The number of hydrogen-bond donors (Lipinski definition) is 1. The molecule has 0 amide bonds. The summed E-state index contributed by atoms with van der Waals surface area (Å²) in [6.45, 7) is 4.21. The highest BCUT2D eigenvalue weighted by Crippen LogP contribution is 2.40. The first kappa shape index (κ1) is 20.6. The van der Waals surface area contributed by atoms with Crippen molar-refractivity contribution < 1.29 is 18.3 Å². The number of hydrogen-bond acceptors (Lipinski definition) is 5. The normalized spacial score (nSPS) is 10.1. The lowest BCUT2D eigenvalue weighted by Gasteiger charge is -2.17. The van der Waals surface area contributed by atoms with Gasteiger partial charge in [-0.25, -0.2) is 8.78 Å². The maximum Gasteiger partial charge on any atom is 0.190 e. The maximum absolute atomic E-state index is 15.1. The Bertz CT molecular complexity index is 1150. The van der Waals surface area contributed by atoms with Crippen LogP contribution in [0.25, 0.3) is 0 Å². The minimum absolute atomic E-state index is 0.252. The molecule has 150 valence electrons. The Balaban J connectivity index is 2.11. The summed E-state index contributed by atoms with van der Waals surface area (Å²) in [7, 11) is 0. The Morgan fingerprint density at radius 2 is 1.43 bits per heavy atom. The third-order valence-corrected chi connectivity index (χ3v) is 4.23. The van der Waals surface area contributed by atoms with Crippen molar-refractivity contribution in [3.63, 3.8) is 0 Å². The van der Waals surface area contributed by atoms with E-state index in [2.05, 4.69) is 5.32 Å². The van der Waals surface area contributed by atoms with Crippen molar-refractivity contribution in [3.05, 3.63) is 76.9 Å². The quantitative estimate of drug-likeness (QED) is 0.548. The number of aryl methyl sites for hydroxylation is 1. The molecular formula is C23H17F2N3O2. The van der Waals surface area contributed by atoms with Crippen LogP contribution in [0.2, 0.25) is 0 Å². The van der Waals surface area contributed by atoms with Crippen molar-refractivity contribution in [2.75, 3.05) is 11.9 Å². The Kier molecular flexibility index (Phi) is 6.14. The Morgan fingerprint density at radius 1 is 0.867 bits per heavy atom. The Morgan fingerprint density at radius 3 is 2.00 bits per heavy atom. The average Bonchev–Trinajstić information content (AvgIpc) is 2.75. The highest BCUT2D eigenvalue weighted by Gasteiger charge is 2.27. The average molecular weight is 405 g/mol. The van der Waals surface area contributed by atoms with Crippen LogP contribution in [0, 0.1) is 41.2 Å². The molecule has 0 fully saturated rings. The summed E-state index contributed by atoms with van der Waals surface area (Å²) in [4.78, 5) is 0. The maximum atomic E-state index is 15.1. The van der Waals surface area contributed by atoms with E-state index in [-0.39, 0.29) is 11.4 Å². The van der Waals surface area contributed by atoms with E-state index in [4.69, 9.17) is 9.47 Å². The van der Waals surface area contributed by atoms with E-state index in [0.717, 1.165) is 5.56 Å². The van der Waals surface area contributed by atoms with E-state index < -0.39 is 28.5 Å². The van der Waals surface area contributed by atoms with Crippen LogP contribution in [0.3, 0.4) is 0 Å². The van der Waals surface area contributed by atoms with E-state index in [0.29, 0.717) is 18.0 Å². The molecule has 0 aliphatic rings. The summed E-state index contributed by atoms with van der Waals surface area (Å²) in [6, 6.07) is 16.3. The van der Waals surface area contributed by atoms with E-state index >= 15 is 8.78 Å². The fraction of sp³-hybridized carbons (Fsp3) is 0.130. The zero-order valence-electron chi connectivity index (χ0n) is 16.3.